The third-order valence-corrected chi connectivity index (χ3v) is 3.38. The quantitative estimate of drug-likeness (QED) is 0.414. The van der Waals surface area contributed by atoms with Crippen LogP contribution in [0.3, 0.4) is 0 Å². The van der Waals surface area contributed by atoms with Gasteiger partial charge >= 0.3 is 0 Å². The number of rotatable bonds is 8. The van der Waals surface area contributed by atoms with Gasteiger partial charge in [0.1, 0.15) is 0 Å². The molecule has 0 atom stereocenters. The van der Waals surface area contributed by atoms with Gasteiger partial charge in [-0.05, 0) is 51.8 Å². The summed E-state index contributed by atoms with van der Waals surface area (Å²) in [4.78, 5) is 28.2. The monoisotopic (exact) mass is 375 g/mol. The molecule has 0 aliphatic carbocycles. The van der Waals surface area contributed by atoms with Crippen LogP contribution in [-0.4, -0.2) is 36.4 Å². The van der Waals surface area contributed by atoms with Gasteiger partial charge in [0, 0.05) is 24.2 Å². The molecule has 1 aromatic carbocycles. The standard InChI is InChI=1S/C20H33N5O2/c1-6-9-17(26)24-16-11-8-10-15(12-16)13-22-19(21-7-2)23-14-18(27)25-20(3,4)5/h8,10-12H,6-7,9,13-14H2,1-5H3,(H,24,26)(H,25,27)(H2,21,22,23). The molecular formula is C20H33N5O2. The van der Waals surface area contributed by atoms with Crippen LogP contribution in [0, 0.1) is 0 Å². The van der Waals surface area contributed by atoms with Crippen LogP contribution in [0.4, 0.5) is 5.69 Å². The molecule has 0 saturated heterocycles. The molecule has 150 valence electrons. The largest absolute Gasteiger partial charge is 0.357 e. The predicted octanol–water partition coefficient (Wildman–Crippen LogP) is 2.40. The molecule has 0 unspecified atom stereocenters. The molecule has 0 aromatic heterocycles. The zero-order chi connectivity index (χ0) is 20.3. The van der Waals surface area contributed by atoms with E-state index in [9.17, 15) is 9.59 Å². The van der Waals surface area contributed by atoms with Gasteiger partial charge in [0.25, 0.3) is 0 Å². The number of anilines is 1. The second-order valence-corrected chi connectivity index (χ2v) is 7.35. The molecule has 1 aromatic rings. The number of amides is 2. The summed E-state index contributed by atoms with van der Waals surface area (Å²) in [5.74, 6) is 0.494. The number of carbonyl (C=O) groups excluding carboxylic acids is 2. The molecular weight excluding hydrogens is 342 g/mol. The van der Waals surface area contributed by atoms with Crippen LogP contribution in [0.15, 0.2) is 29.3 Å². The van der Waals surface area contributed by atoms with E-state index in [4.69, 9.17) is 0 Å². The summed E-state index contributed by atoms with van der Waals surface area (Å²) in [6.45, 7) is 11.0. The molecule has 7 nitrogen and oxygen atoms in total. The van der Waals surface area contributed by atoms with Crippen LogP contribution in [0.2, 0.25) is 0 Å². The Morgan fingerprint density at radius 2 is 1.81 bits per heavy atom. The van der Waals surface area contributed by atoms with Crippen LogP contribution in [0.5, 0.6) is 0 Å². The maximum absolute atomic E-state index is 11.9. The first-order chi connectivity index (χ1) is 12.7. The van der Waals surface area contributed by atoms with Crippen molar-refractivity contribution in [3.63, 3.8) is 0 Å². The van der Waals surface area contributed by atoms with E-state index in [-0.39, 0.29) is 23.9 Å². The normalized spacial score (nSPS) is 11.7. The number of benzene rings is 1. The van der Waals surface area contributed by atoms with E-state index in [1.807, 2.05) is 58.9 Å². The van der Waals surface area contributed by atoms with Gasteiger partial charge in [0.15, 0.2) is 5.96 Å². The van der Waals surface area contributed by atoms with Gasteiger partial charge < -0.3 is 21.3 Å². The first kappa shape index (κ1) is 22.5. The number of guanidine groups is 1. The third kappa shape index (κ3) is 10.2. The van der Waals surface area contributed by atoms with E-state index < -0.39 is 0 Å². The molecule has 0 aliphatic heterocycles. The minimum atomic E-state index is -0.267. The maximum Gasteiger partial charge on any atom is 0.239 e. The molecule has 7 heteroatoms. The van der Waals surface area contributed by atoms with Crippen molar-refractivity contribution in [1.82, 2.24) is 16.0 Å². The van der Waals surface area contributed by atoms with E-state index in [1.165, 1.54) is 0 Å². The first-order valence-electron chi connectivity index (χ1n) is 9.45. The van der Waals surface area contributed by atoms with E-state index in [1.54, 1.807) is 0 Å². The number of hydrogen-bond donors (Lipinski definition) is 4. The van der Waals surface area contributed by atoms with Gasteiger partial charge in [-0.3, -0.25) is 9.59 Å². The Kier molecular flexibility index (Phi) is 9.33. The fourth-order valence-corrected chi connectivity index (χ4v) is 2.34. The summed E-state index contributed by atoms with van der Waals surface area (Å²) in [6, 6.07) is 7.62. The van der Waals surface area contributed by atoms with Gasteiger partial charge in [-0.15, -0.1) is 0 Å². The summed E-state index contributed by atoms with van der Waals surface area (Å²) in [6.07, 6.45) is 1.32. The molecule has 0 saturated carbocycles. The first-order valence-corrected chi connectivity index (χ1v) is 9.45. The second-order valence-electron chi connectivity index (χ2n) is 7.35. The van der Waals surface area contributed by atoms with Crippen molar-refractivity contribution in [2.75, 3.05) is 18.4 Å². The summed E-state index contributed by atoms with van der Waals surface area (Å²) in [7, 11) is 0. The van der Waals surface area contributed by atoms with Gasteiger partial charge in [0.05, 0.1) is 13.1 Å². The number of aliphatic imine (C=N–C) groups is 1. The summed E-state index contributed by atoms with van der Waals surface area (Å²) >= 11 is 0. The maximum atomic E-state index is 11.9. The molecule has 2 amide bonds. The topological polar surface area (TPSA) is 94.6 Å². The molecule has 0 radical (unpaired) electrons. The lowest BCUT2D eigenvalue weighted by molar-refractivity contribution is -0.121. The number of hydrogen-bond acceptors (Lipinski definition) is 3. The third-order valence-electron chi connectivity index (χ3n) is 3.38. The lowest BCUT2D eigenvalue weighted by Crippen LogP contribution is -2.48. The van der Waals surface area contributed by atoms with E-state index in [0.717, 1.165) is 17.7 Å². The Morgan fingerprint density at radius 1 is 1.07 bits per heavy atom. The number of carbonyl (C=O) groups is 2. The highest BCUT2D eigenvalue weighted by molar-refractivity contribution is 5.90. The SMILES string of the molecule is CCCC(=O)Nc1cccc(CN=C(NCC)NCC(=O)NC(C)(C)C)c1. The van der Waals surface area contributed by atoms with Crippen LogP contribution in [0.1, 0.15) is 53.0 Å². The van der Waals surface area contributed by atoms with E-state index in [2.05, 4.69) is 26.3 Å². The molecule has 0 aliphatic rings. The smallest absolute Gasteiger partial charge is 0.239 e. The van der Waals surface area contributed by atoms with Crippen LogP contribution < -0.4 is 21.3 Å². The summed E-state index contributed by atoms with van der Waals surface area (Å²) in [5.41, 5.74) is 1.47. The highest BCUT2D eigenvalue weighted by Gasteiger charge is 2.13. The van der Waals surface area contributed by atoms with E-state index in [0.29, 0.717) is 25.5 Å². The van der Waals surface area contributed by atoms with Crippen molar-refractivity contribution >= 4 is 23.5 Å². The minimum absolute atomic E-state index is 0.0121. The van der Waals surface area contributed by atoms with Crippen LogP contribution >= 0.6 is 0 Å². The van der Waals surface area contributed by atoms with Crippen molar-refractivity contribution in [2.24, 2.45) is 4.99 Å². The Labute approximate surface area is 162 Å². The Morgan fingerprint density at radius 3 is 2.44 bits per heavy atom. The summed E-state index contributed by atoms with van der Waals surface area (Å²) < 4.78 is 0. The lowest BCUT2D eigenvalue weighted by atomic mass is 10.1. The molecule has 0 bridgehead atoms. The van der Waals surface area contributed by atoms with Crippen LogP contribution in [0.25, 0.3) is 0 Å². The lowest BCUT2D eigenvalue weighted by Gasteiger charge is -2.21. The van der Waals surface area contributed by atoms with Crippen molar-refractivity contribution in [1.29, 1.82) is 0 Å². The Bertz CT molecular complexity index is 650. The van der Waals surface area contributed by atoms with Gasteiger partial charge in [0.2, 0.25) is 11.8 Å². The molecule has 0 fully saturated rings. The minimum Gasteiger partial charge on any atom is -0.357 e. The van der Waals surface area contributed by atoms with E-state index >= 15 is 0 Å². The highest BCUT2D eigenvalue weighted by Crippen LogP contribution is 2.12. The molecule has 0 heterocycles. The van der Waals surface area contributed by atoms with Gasteiger partial charge in [-0.2, -0.15) is 0 Å². The van der Waals surface area contributed by atoms with Crippen molar-refractivity contribution in [3.8, 4) is 0 Å². The zero-order valence-electron chi connectivity index (χ0n) is 17.1. The number of nitrogens with zero attached hydrogens (tertiary/aromatic N) is 1. The van der Waals surface area contributed by atoms with Crippen molar-refractivity contribution < 1.29 is 9.59 Å². The van der Waals surface area contributed by atoms with Crippen LogP contribution in [-0.2, 0) is 16.1 Å². The zero-order valence-corrected chi connectivity index (χ0v) is 17.1. The highest BCUT2D eigenvalue weighted by atomic mass is 16.2. The van der Waals surface area contributed by atoms with Crippen molar-refractivity contribution in [2.45, 2.75) is 59.5 Å². The van der Waals surface area contributed by atoms with Gasteiger partial charge in [-0.25, -0.2) is 4.99 Å². The average molecular weight is 376 g/mol. The van der Waals surface area contributed by atoms with Gasteiger partial charge in [-0.1, -0.05) is 19.1 Å². The Hall–Kier alpha value is -2.57. The molecule has 1 rings (SSSR count). The van der Waals surface area contributed by atoms with Crippen molar-refractivity contribution in [3.05, 3.63) is 29.8 Å². The molecule has 4 N–H and O–H groups in total. The fraction of sp³-hybridized carbons (Fsp3) is 0.550. The molecule has 0 spiro atoms. The predicted molar refractivity (Wildman–Crippen MR) is 111 cm³/mol. The summed E-state index contributed by atoms with van der Waals surface area (Å²) in [5, 5.41) is 11.9. The molecule has 27 heavy (non-hydrogen) atoms. The Balaban J connectivity index is 2.66. The second kappa shape index (κ2) is 11.2. The number of nitrogens with one attached hydrogen (secondary N) is 4. The average Bonchev–Trinajstić information content (AvgIpc) is 2.56. The fourth-order valence-electron chi connectivity index (χ4n) is 2.34.